The van der Waals surface area contributed by atoms with Gasteiger partial charge in [-0.25, -0.2) is 0 Å². The summed E-state index contributed by atoms with van der Waals surface area (Å²) >= 11 is 6.21. The second-order valence-electron chi connectivity index (χ2n) is 7.10. The molecule has 2 bridgehead atoms. The molecule has 3 aliphatic rings. The van der Waals surface area contributed by atoms with Crippen LogP contribution in [0.25, 0.3) is 0 Å². The number of fused-ring (bicyclic) bond motifs is 3. The highest BCUT2D eigenvalue weighted by atomic mass is 35.5. The first-order valence-electron chi connectivity index (χ1n) is 8.90. The van der Waals surface area contributed by atoms with E-state index in [1.807, 2.05) is 0 Å². The summed E-state index contributed by atoms with van der Waals surface area (Å²) in [6.07, 6.45) is 4.19. The van der Waals surface area contributed by atoms with Crippen LogP contribution < -0.4 is 9.47 Å². The molecule has 25 heavy (non-hydrogen) atoms. The van der Waals surface area contributed by atoms with E-state index in [4.69, 9.17) is 25.8 Å². The van der Waals surface area contributed by atoms with Gasteiger partial charge in [-0.15, -0.1) is 0 Å². The Morgan fingerprint density at radius 3 is 2.64 bits per heavy atom. The summed E-state index contributed by atoms with van der Waals surface area (Å²) in [5.74, 6) is 1.21. The van der Waals surface area contributed by atoms with E-state index in [1.54, 1.807) is 12.1 Å². The Morgan fingerprint density at radius 2 is 1.88 bits per heavy atom. The molecule has 6 heteroatoms. The van der Waals surface area contributed by atoms with E-state index >= 15 is 0 Å². The van der Waals surface area contributed by atoms with E-state index in [0.29, 0.717) is 48.4 Å². The minimum Gasteiger partial charge on any atom is -0.486 e. The maximum atomic E-state index is 12.5. The first kappa shape index (κ1) is 16.7. The maximum absolute atomic E-state index is 12.5. The molecular formula is C19H21ClO5. The summed E-state index contributed by atoms with van der Waals surface area (Å²) in [5.41, 5.74) is 0.773. The molecule has 0 radical (unpaired) electrons. The lowest BCUT2D eigenvalue weighted by Gasteiger charge is -2.36. The molecule has 4 rings (SSSR count). The van der Waals surface area contributed by atoms with E-state index in [0.717, 1.165) is 24.8 Å². The Morgan fingerprint density at radius 1 is 1.16 bits per heavy atom. The number of carbonyl (C=O) groups excluding carboxylic acids is 2. The summed E-state index contributed by atoms with van der Waals surface area (Å²) in [4.78, 5) is 24.6. The number of ketones is 1. The van der Waals surface area contributed by atoms with Crippen LogP contribution in [0.2, 0.25) is 5.02 Å². The summed E-state index contributed by atoms with van der Waals surface area (Å²) in [5, 5.41) is 0.459. The number of rotatable bonds is 3. The van der Waals surface area contributed by atoms with Crippen LogP contribution >= 0.6 is 11.6 Å². The smallest absolute Gasteiger partial charge is 0.309 e. The molecule has 1 aliphatic heterocycles. The van der Waals surface area contributed by atoms with Crippen LogP contribution in [0.1, 0.15) is 37.7 Å². The number of benzene rings is 1. The fourth-order valence-corrected chi connectivity index (χ4v) is 4.48. The van der Waals surface area contributed by atoms with Gasteiger partial charge in [-0.2, -0.15) is 0 Å². The van der Waals surface area contributed by atoms with Gasteiger partial charge in [0.1, 0.15) is 25.6 Å². The average Bonchev–Trinajstić information content (AvgIpc) is 2.59. The fourth-order valence-electron chi connectivity index (χ4n) is 4.19. The SMILES string of the molecule is O=C(OCc1cc(Cl)c2c(c1)OCCO2)C1C[C@H]2CCC[C@H](C1)C2=O. The lowest BCUT2D eigenvalue weighted by atomic mass is 9.67. The van der Waals surface area contributed by atoms with Crippen molar-refractivity contribution in [2.45, 2.75) is 38.7 Å². The molecule has 0 aromatic heterocycles. The van der Waals surface area contributed by atoms with Crippen LogP contribution in [0.4, 0.5) is 0 Å². The molecule has 1 aromatic carbocycles. The normalized spacial score (nSPS) is 27.7. The number of ether oxygens (including phenoxy) is 3. The van der Waals surface area contributed by atoms with Crippen LogP contribution in [-0.4, -0.2) is 25.0 Å². The lowest BCUT2D eigenvalue weighted by molar-refractivity contribution is -0.154. The van der Waals surface area contributed by atoms with Crippen molar-refractivity contribution in [1.29, 1.82) is 0 Å². The predicted octanol–water partition coefficient (Wildman–Crippen LogP) is 3.55. The third-order valence-corrected chi connectivity index (χ3v) is 5.70. The largest absolute Gasteiger partial charge is 0.486 e. The number of hydrogen-bond acceptors (Lipinski definition) is 5. The van der Waals surface area contributed by atoms with Gasteiger partial charge in [0, 0.05) is 11.8 Å². The summed E-state index contributed by atoms with van der Waals surface area (Å²) in [7, 11) is 0. The van der Waals surface area contributed by atoms with Crippen LogP contribution in [0, 0.1) is 17.8 Å². The van der Waals surface area contributed by atoms with Crippen molar-refractivity contribution >= 4 is 23.4 Å². The van der Waals surface area contributed by atoms with Crippen molar-refractivity contribution in [3.63, 3.8) is 0 Å². The van der Waals surface area contributed by atoms with E-state index in [-0.39, 0.29) is 30.3 Å². The van der Waals surface area contributed by atoms with Gasteiger partial charge in [0.2, 0.25) is 0 Å². The third-order valence-electron chi connectivity index (χ3n) is 5.42. The zero-order valence-corrected chi connectivity index (χ0v) is 14.7. The average molecular weight is 365 g/mol. The number of carbonyl (C=O) groups is 2. The van der Waals surface area contributed by atoms with Gasteiger partial charge >= 0.3 is 5.97 Å². The molecule has 2 aliphatic carbocycles. The molecular weight excluding hydrogens is 344 g/mol. The van der Waals surface area contributed by atoms with Gasteiger partial charge in [0.05, 0.1) is 10.9 Å². The van der Waals surface area contributed by atoms with Crippen molar-refractivity contribution in [2.24, 2.45) is 17.8 Å². The fraction of sp³-hybridized carbons (Fsp3) is 0.579. The van der Waals surface area contributed by atoms with Crippen molar-refractivity contribution in [1.82, 2.24) is 0 Å². The van der Waals surface area contributed by atoms with Crippen LogP contribution in [0.15, 0.2) is 12.1 Å². The van der Waals surface area contributed by atoms with E-state index in [1.165, 1.54) is 0 Å². The minimum atomic E-state index is -0.213. The second-order valence-corrected chi connectivity index (χ2v) is 7.51. The molecule has 0 amide bonds. The highest BCUT2D eigenvalue weighted by Crippen LogP contribution is 2.41. The number of esters is 1. The van der Waals surface area contributed by atoms with Gasteiger partial charge in [0.25, 0.3) is 0 Å². The third kappa shape index (κ3) is 3.34. The zero-order chi connectivity index (χ0) is 17.4. The maximum Gasteiger partial charge on any atom is 0.309 e. The van der Waals surface area contributed by atoms with Gasteiger partial charge in [-0.3, -0.25) is 9.59 Å². The number of Topliss-reactive ketones (excluding diaryl/α,β-unsaturated/α-hetero) is 1. The quantitative estimate of drug-likeness (QED) is 0.767. The molecule has 5 nitrogen and oxygen atoms in total. The van der Waals surface area contributed by atoms with Gasteiger partial charge in [-0.05, 0) is 43.4 Å². The zero-order valence-electron chi connectivity index (χ0n) is 14.0. The standard InChI is InChI=1S/C19H21ClO5/c20-15-6-11(7-16-18(15)24-5-4-23-16)10-25-19(22)14-8-12-2-1-3-13(9-14)17(12)21/h6-7,12-14H,1-5,8-10H2/t12-,13-/m1/s1. The summed E-state index contributed by atoms with van der Waals surface area (Å²) < 4.78 is 16.5. The molecule has 0 unspecified atom stereocenters. The summed E-state index contributed by atoms with van der Waals surface area (Å²) in [6.45, 7) is 1.10. The molecule has 1 aromatic rings. The van der Waals surface area contributed by atoms with Gasteiger partial charge in [-0.1, -0.05) is 18.0 Å². The first-order valence-corrected chi connectivity index (χ1v) is 9.28. The monoisotopic (exact) mass is 364 g/mol. The molecule has 2 atom stereocenters. The highest BCUT2D eigenvalue weighted by molar-refractivity contribution is 6.32. The number of halogens is 1. The van der Waals surface area contributed by atoms with Gasteiger partial charge in [0.15, 0.2) is 11.5 Å². The van der Waals surface area contributed by atoms with Crippen molar-refractivity contribution in [3.05, 3.63) is 22.7 Å². The van der Waals surface area contributed by atoms with Crippen LogP contribution in [-0.2, 0) is 20.9 Å². The molecule has 0 N–H and O–H groups in total. The molecule has 134 valence electrons. The van der Waals surface area contributed by atoms with E-state index in [2.05, 4.69) is 0 Å². The predicted molar refractivity (Wildman–Crippen MR) is 90.8 cm³/mol. The lowest BCUT2D eigenvalue weighted by Crippen LogP contribution is -2.39. The Balaban J connectivity index is 1.39. The molecule has 0 saturated heterocycles. The Labute approximate surface area is 151 Å². The van der Waals surface area contributed by atoms with E-state index in [9.17, 15) is 9.59 Å². The van der Waals surface area contributed by atoms with Crippen molar-refractivity contribution < 1.29 is 23.8 Å². The van der Waals surface area contributed by atoms with Crippen LogP contribution in [0.5, 0.6) is 11.5 Å². The summed E-state index contributed by atoms with van der Waals surface area (Å²) in [6, 6.07) is 3.54. The molecule has 1 heterocycles. The Kier molecular flexibility index (Phi) is 4.59. The van der Waals surface area contributed by atoms with E-state index < -0.39 is 0 Å². The molecule has 2 fully saturated rings. The highest BCUT2D eigenvalue weighted by Gasteiger charge is 2.41. The topological polar surface area (TPSA) is 61.8 Å². The molecule has 2 saturated carbocycles. The van der Waals surface area contributed by atoms with Crippen molar-refractivity contribution in [2.75, 3.05) is 13.2 Å². The van der Waals surface area contributed by atoms with Crippen molar-refractivity contribution in [3.8, 4) is 11.5 Å². The second kappa shape index (κ2) is 6.87. The molecule has 0 spiro atoms. The van der Waals surface area contributed by atoms with Gasteiger partial charge < -0.3 is 14.2 Å². The Bertz CT molecular complexity index is 685. The van der Waals surface area contributed by atoms with Crippen LogP contribution in [0.3, 0.4) is 0 Å². The minimum absolute atomic E-state index is 0.0498. The Hall–Kier alpha value is -1.75. The number of hydrogen-bond donors (Lipinski definition) is 0. The first-order chi connectivity index (χ1) is 12.1.